The zero-order valence-corrected chi connectivity index (χ0v) is 17.2. The number of nitriles is 1. The van der Waals surface area contributed by atoms with Gasteiger partial charge in [-0.05, 0) is 45.1 Å². The third-order valence-electron chi connectivity index (χ3n) is 5.58. The van der Waals surface area contributed by atoms with Gasteiger partial charge in [0.1, 0.15) is 17.6 Å². The maximum absolute atomic E-state index is 12.8. The summed E-state index contributed by atoms with van der Waals surface area (Å²) in [7, 11) is 0. The van der Waals surface area contributed by atoms with Crippen LogP contribution >= 0.6 is 0 Å². The van der Waals surface area contributed by atoms with Crippen molar-refractivity contribution in [1.29, 1.82) is 5.26 Å². The Morgan fingerprint density at radius 3 is 2.53 bits per heavy atom. The van der Waals surface area contributed by atoms with Gasteiger partial charge in [0, 0.05) is 0 Å². The van der Waals surface area contributed by atoms with Crippen molar-refractivity contribution >= 4 is 23.8 Å². The summed E-state index contributed by atoms with van der Waals surface area (Å²) < 4.78 is 4.91. The second-order valence-electron chi connectivity index (χ2n) is 8.11. The minimum atomic E-state index is -1.29. The van der Waals surface area contributed by atoms with Gasteiger partial charge < -0.3 is 15.4 Å². The van der Waals surface area contributed by atoms with Gasteiger partial charge in [0.2, 0.25) is 0 Å². The second-order valence-corrected chi connectivity index (χ2v) is 8.11. The van der Waals surface area contributed by atoms with Crippen LogP contribution in [0.15, 0.2) is 24.3 Å². The molecule has 0 radical (unpaired) electrons. The summed E-state index contributed by atoms with van der Waals surface area (Å²) in [6, 6.07) is 8.50. The van der Waals surface area contributed by atoms with Gasteiger partial charge in [-0.2, -0.15) is 5.26 Å². The van der Waals surface area contributed by atoms with Crippen molar-refractivity contribution in [2.75, 3.05) is 13.2 Å². The van der Waals surface area contributed by atoms with E-state index in [4.69, 9.17) is 4.74 Å². The Bertz CT molecular complexity index is 934. The Kier molecular flexibility index (Phi) is 5.53. The van der Waals surface area contributed by atoms with Gasteiger partial charge in [0.05, 0.1) is 6.07 Å². The first-order valence-electron chi connectivity index (χ1n) is 9.68. The van der Waals surface area contributed by atoms with Crippen LogP contribution in [0.2, 0.25) is 0 Å². The van der Waals surface area contributed by atoms with Crippen molar-refractivity contribution in [1.82, 2.24) is 15.5 Å². The first-order valence-corrected chi connectivity index (χ1v) is 9.68. The van der Waals surface area contributed by atoms with E-state index >= 15 is 0 Å². The van der Waals surface area contributed by atoms with Gasteiger partial charge in [-0.25, -0.2) is 4.79 Å². The van der Waals surface area contributed by atoms with Crippen LogP contribution in [-0.4, -0.2) is 47.4 Å². The van der Waals surface area contributed by atoms with E-state index in [9.17, 15) is 24.4 Å². The number of imide groups is 1. The highest BCUT2D eigenvalue weighted by Crippen LogP contribution is 2.39. The van der Waals surface area contributed by atoms with Crippen molar-refractivity contribution in [2.45, 2.75) is 44.7 Å². The molecule has 30 heavy (non-hydrogen) atoms. The lowest BCUT2D eigenvalue weighted by Gasteiger charge is -2.23. The number of hydrogen-bond donors (Lipinski definition) is 2. The van der Waals surface area contributed by atoms with E-state index in [1.807, 2.05) is 19.1 Å². The normalized spacial score (nSPS) is 22.7. The number of carbonyl (C=O) groups excluding carboxylic acids is 4. The molecule has 2 N–H and O–H groups in total. The fraction of sp³-hybridized carbons (Fsp3) is 0.476. The number of amides is 4. The molecule has 9 nitrogen and oxygen atoms in total. The number of benzene rings is 1. The van der Waals surface area contributed by atoms with Crippen LogP contribution in [-0.2, 0) is 24.7 Å². The SMILES string of the molecule is Cc1ccc([C@@]2(C)NC(=O)N(CC(=O)OCC(=O)N[C@@](C)(C#N)C3CC3)C2=O)cc1. The van der Waals surface area contributed by atoms with E-state index in [1.165, 1.54) is 0 Å². The minimum Gasteiger partial charge on any atom is -0.454 e. The lowest BCUT2D eigenvalue weighted by molar-refractivity contribution is -0.151. The van der Waals surface area contributed by atoms with Crippen molar-refractivity contribution < 1.29 is 23.9 Å². The summed E-state index contributed by atoms with van der Waals surface area (Å²) in [5.74, 6) is -2.00. The first-order chi connectivity index (χ1) is 14.1. The Morgan fingerprint density at radius 2 is 1.97 bits per heavy atom. The van der Waals surface area contributed by atoms with Crippen LogP contribution in [0, 0.1) is 24.2 Å². The molecule has 1 aliphatic carbocycles. The standard InChI is InChI=1S/C21H24N4O5/c1-13-4-6-15(7-5-13)21(3)18(28)25(19(29)24-21)10-17(27)30-11-16(26)23-20(2,12-22)14-8-9-14/h4-7,14H,8-11H2,1-3H3,(H,23,26)(H,24,29)/t20-,21+/m0/s1. The van der Waals surface area contributed by atoms with Gasteiger partial charge in [0.15, 0.2) is 6.61 Å². The molecule has 9 heteroatoms. The molecule has 0 aromatic heterocycles. The number of ether oxygens (including phenoxy) is 1. The molecule has 4 amide bonds. The quantitative estimate of drug-likeness (QED) is 0.510. The van der Waals surface area contributed by atoms with Gasteiger partial charge >= 0.3 is 12.0 Å². The third-order valence-corrected chi connectivity index (χ3v) is 5.58. The molecule has 1 heterocycles. The third kappa shape index (κ3) is 4.13. The van der Waals surface area contributed by atoms with Crippen molar-refractivity contribution in [3.8, 4) is 6.07 Å². The number of nitrogens with one attached hydrogen (secondary N) is 2. The van der Waals surface area contributed by atoms with Crippen LogP contribution < -0.4 is 10.6 Å². The predicted octanol–water partition coefficient (Wildman–Crippen LogP) is 1.11. The van der Waals surface area contributed by atoms with E-state index in [0.29, 0.717) is 5.56 Å². The maximum atomic E-state index is 12.8. The second kappa shape index (κ2) is 7.78. The molecule has 2 fully saturated rings. The summed E-state index contributed by atoms with van der Waals surface area (Å²) in [5.41, 5.74) is -0.685. The molecule has 2 atom stereocenters. The highest BCUT2D eigenvalue weighted by atomic mass is 16.5. The van der Waals surface area contributed by atoms with E-state index in [-0.39, 0.29) is 5.92 Å². The zero-order valence-electron chi connectivity index (χ0n) is 17.2. The van der Waals surface area contributed by atoms with E-state index in [1.54, 1.807) is 26.0 Å². The number of nitrogens with zero attached hydrogens (tertiary/aromatic N) is 2. The Morgan fingerprint density at radius 1 is 1.33 bits per heavy atom. The summed E-state index contributed by atoms with van der Waals surface area (Å²) in [6.07, 6.45) is 1.71. The topological polar surface area (TPSA) is 129 Å². The Labute approximate surface area is 174 Å². The molecule has 3 rings (SSSR count). The molecule has 0 unspecified atom stereocenters. The fourth-order valence-electron chi connectivity index (χ4n) is 3.45. The minimum absolute atomic E-state index is 0.0903. The molecule has 1 saturated carbocycles. The van der Waals surface area contributed by atoms with Gasteiger partial charge in [-0.1, -0.05) is 29.8 Å². The van der Waals surface area contributed by atoms with Gasteiger partial charge in [-0.3, -0.25) is 19.3 Å². The van der Waals surface area contributed by atoms with Crippen molar-refractivity contribution in [3.05, 3.63) is 35.4 Å². The average Bonchev–Trinajstić information content (AvgIpc) is 3.53. The summed E-state index contributed by atoms with van der Waals surface area (Å²) in [6.45, 7) is 3.89. The summed E-state index contributed by atoms with van der Waals surface area (Å²) >= 11 is 0. The van der Waals surface area contributed by atoms with E-state index in [2.05, 4.69) is 16.7 Å². The Hall–Kier alpha value is -3.41. The summed E-state index contributed by atoms with van der Waals surface area (Å²) in [4.78, 5) is 50.0. The van der Waals surface area contributed by atoms with Gasteiger partial charge in [-0.15, -0.1) is 0 Å². The highest BCUT2D eigenvalue weighted by molar-refractivity contribution is 6.08. The molecule has 1 aromatic carbocycles. The van der Waals surface area contributed by atoms with Crippen molar-refractivity contribution in [3.63, 3.8) is 0 Å². The van der Waals surface area contributed by atoms with Crippen LogP contribution in [0.5, 0.6) is 0 Å². The molecule has 1 aliphatic heterocycles. The lowest BCUT2D eigenvalue weighted by atomic mass is 9.91. The summed E-state index contributed by atoms with van der Waals surface area (Å²) in [5, 5.41) is 14.4. The largest absolute Gasteiger partial charge is 0.454 e. The molecule has 1 saturated heterocycles. The molecule has 158 valence electrons. The predicted molar refractivity (Wildman–Crippen MR) is 105 cm³/mol. The maximum Gasteiger partial charge on any atom is 0.326 e. The van der Waals surface area contributed by atoms with Crippen LogP contribution in [0.3, 0.4) is 0 Å². The molecular weight excluding hydrogens is 388 g/mol. The number of urea groups is 1. The zero-order chi connectivity index (χ0) is 22.1. The highest BCUT2D eigenvalue weighted by Gasteiger charge is 2.49. The van der Waals surface area contributed by atoms with Gasteiger partial charge in [0.25, 0.3) is 11.8 Å². The number of hydrogen-bond acceptors (Lipinski definition) is 6. The molecule has 0 bridgehead atoms. The number of rotatable bonds is 7. The number of esters is 1. The van der Waals surface area contributed by atoms with Crippen LogP contribution in [0.25, 0.3) is 0 Å². The molecule has 0 spiro atoms. The molecular formula is C21H24N4O5. The number of carbonyl (C=O) groups is 4. The Balaban J connectivity index is 1.57. The monoisotopic (exact) mass is 412 g/mol. The van der Waals surface area contributed by atoms with E-state index in [0.717, 1.165) is 23.3 Å². The smallest absolute Gasteiger partial charge is 0.326 e. The lowest BCUT2D eigenvalue weighted by Crippen LogP contribution is -2.48. The van der Waals surface area contributed by atoms with E-state index < -0.39 is 48.0 Å². The number of aryl methyl sites for hydroxylation is 1. The molecule has 2 aliphatic rings. The fourth-order valence-corrected chi connectivity index (χ4v) is 3.45. The van der Waals surface area contributed by atoms with Crippen LogP contribution in [0.4, 0.5) is 4.79 Å². The first kappa shape index (κ1) is 21.3. The average molecular weight is 412 g/mol. The van der Waals surface area contributed by atoms with Crippen LogP contribution in [0.1, 0.15) is 37.8 Å². The molecule has 1 aromatic rings. The van der Waals surface area contributed by atoms with Crippen molar-refractivity contribution in [2.24, 2.45) is 5.92 Å².